The molecule has 3 aromatic rings. The highest BCUT2D eigenvalue weighted by Gasteiger charge is 2.32. The number of benzene rings is 2. The van der Waals surface area contributed by atoms with Crippen LogP contribution in [0.1, 0.15) is 24.5 Å². The lowest BCUT2D eigenvalue weighted by atomic mass is 10.0. The number of rotatable bonds is 14. The van der Waals surface area contributed by atoms with Gasteiger partial charge in [0.2, 0.25) is 23.6 Å². The molecule has 10 N–H and O–H groups in total. The molecule has 0 aliphatic carbocycles. The molecular formula is C28H34N6O7. The van der Waals surface area contributed by atoms with Crippen LogP contribution in [0.25, 0.3) is 10.9 Å². The fraction of sp³-hybridized carbons (Fsp3) is 0.321. The van der Waals surface area contributed by atoms with Gasteiger partial charge in [0.15, 0.2) is 6.04 Å². The molecule has 41 heavy (non-hydrogen) atoms. The third-order valence-electron chi connectivity index (χ3n) is 6.45. The van der Waals surface area contributed by atoms with Gasteiger partial charge in [-0.2, -0.15) is 0 Å². The van der Waals surface area contributed by atoms with Crippen LogP contribution in [0.4, 0.5) is 0 Å². The fourth-order valence-electron chi connectivity index (χ4n) is 4.29. The first kappa shape index (κ1) is 30.8. The van der Waals surface area contributed by atoms with Crippen LogP contribution >= 0.6 is 0 Å². The third-order valence-corrected chi connectivity index (χ3v) is 6.45. The average molecular weight is 567 g/mol. The first-order valence-electron chi connectivity index (χ1n) is 12.9. The Morgan fingerprint density at radius 2 is 1.46 bits per heavy atom. The van der Waals surface area contributed by atoms with Crippen molar-refractivity contribution in [2.75, 3.05) is 0 Å². The minimum atomic E-state index is -1.64. The number of carboxylic acid groups (broad SMARTS) is 1. The van der Waals surface area contributed by atoms with E-state index < -0.39 is 66.3 Å². The van der Waals surface area contributed by atoms with Crippen molar-refractivity contribution < 1.29 is 34.2 Å². The van der Waals surface area contributed by atoms with E-state index in [0.717, 1.165) is 16.5 Å². The molecule has 13 heteroatoms. The number of H-pyrrole nitrogens is 1. The number of hydrogen-bond donors (Lipinski definition) is 8. The standard InChI is InChI=1S/C28H34N6O7/c1-15(35)24(28(40)41)34-27(39)21(11-16-7-3-2-4-8-16)33-26(38)22(13-23(30)36)32-25(37)19(29)12-17-14-31-20-10-6-5-9-18(17)20/h2-10,14-15,19,21-22,24,31,35H,11-13,29H2,1H3,(H2,30,36)(H,32,37)(H,33,38)(H,34,39)(H,40,41). The summed E-state index contributed by atoms with van der Waals surface area (Å²) in [5, 5.41) is 27.2. The van der Waals surface area contributed by atoms with Gasteiger partial charge in [0.25, 0.3) is 0 Å². The number of hydrogen-bond acceptors (Lipinski definition) is 7. The van der Waals surface area contributed by atoms with Crippen molar-refractivity contribution in [3.8, 4) is 0 Å². The van der Waals surface area contributed by atoms with E-state index in [1.807, 2.05) is 24.3 Å². The molecule has 2 aromatic carbocycles. The molecular weight excluding hydrogens is 532 g/mol. The Kier molecular flexibility index (Phi) is 10.6. The van der Waals surface area contributed by atoms with E-state index in [-0.39, 0.29) is 12.8 Å². The molecule has 0 fully saturated rings. The Balaban J connectivity index is 1.76. The Hall–Kier alpha value is -4.75. The highest BCUT2D eigenvalue weighted by Crippen LogP contribution is 2.19. The maximum Gasteiger partial charge on any atom is 0.328 e. The van der Waals surface area contributed by atoms with Gasteiger partial charge in [0, 0.05) is 23.5 Å². The van der Waals surface area contributed by atoms with Gasteiger partial charge in [-0.3, -0.25) is 19.2 Å². The molecule has 1 aromatic heterocycles. The van der Waals surface area contributed by atoms with Gasteiger partial charge in [-0.15, -0.1) is 0 Å². The molecule has 0 saturated carbocycles. The van der Waals surface area contributed by atoms with Crippen molar-refractivity contribution in [2.24, 2.45) is 11.5 Å². The zero-order valence-corrected chi connectivity index (χ0v) is 22.4. The van der Waals surface area contributed by atoms with Crippen LogP contribution in [0.5, 0.6) is 0 Å². The minimum absolute atomic E-state index is 0.0537. The monoisotopic (exact) mass is 566 g/mol. The summed E-state index contributed by atoms with van der Waals surface area (Å²) in [7, 11) is 0. The highest BCUT2D eigenvalue weighted by molar-refractivity contribution is 5.96. The zero-order chi connectivity index (χ0) is 30.1. The average Bonchev–Trinajstić information content (AvgIpc) is 3.33. The lowest BCUT2D eigenvalue weighted by Gasteiger charge is -2.25. The normalized spacial score (nSPS) is 14.7. The molecule has 13 nitrogen and oxygen atoms in total. The number of para-hydroxylation sites is 1. The largest absolute Gasteiger partial charge is 0.480 e. The van der Waals surface area contributed by atoms with E-state index in [4.69, 9.17) is 11.5 Å². The van der Waals surface area contributed by atoms with Crippen molar-refractivity contribution >= 4 is 40.5 Å². The maximum atomic E-state index is 13.3. The number of carbonyl (C=O) groups excluding carboxylic acids is 4. The molecule has 218 valence electrons. The number of aromatic amines is 1. The van der Waals surface area contributed by atoms with Crippen molar-refractivity contribution in [1.82, 2.24) is 20.9 Å². The van der Waals surface area contributed by atoms with E-state index in [1.54, 1.807) is 36.5 Å². The summed E-state index contributed by atoms with van der Waals surface area (Å²) < 4.78 is 0. The highest BCUT2D eigenvalue weighted by atomic mass is 16.4. The molecule has 0 saturated heterocycles. The van der Waals surface area contributed by atoms with Gasteiger partial charge < -0.3 is 42.6 Å². The van der Waals surface area contributed by atoms with Gasteiger partial charge in [-0.25, -0.2) is 4.79 Å². The fourth-order valence-corrected chi connectivity index (χ4v) is 4.29. The topological polar surface area (TPSA) is 230 Å². The molecule has 3 rings (SSSR count). The quantitative estimate of drug-likeness (QED) is 0.121. The molecule has 0 radical (unpaired) electrons. The lowest BCUT2D eigenvalue weighted by molar-refractivity contribution is -0.145. The number of aliphatic hydroxyl groups excluding tert-OH is 1. The summed E-state index contributed by atoms with van der Waals surface area (Å²) >= 11 is 0. The molecule has 0 bridgehead atoms. The molecule has 0 aliphatic heterocycles. The molecule has 4 amide bonds. The number of fused-ring (bicyclic) bond motifs is 1. The summed E-state index contributed by atoms with van der Waals surface area (Å²) in [5.74, 6) is -4.88. The Labute approximate surface area is 235 Å². The summed E-state index contributed by atoms with van der Waals surface area (Å²) in [6, 6.07) is 10.5. The predicted molar refractivity (Wildman–Crippen MR) is 149 cm³/mol. The van der Waals surface area contributed by atoms with Crippen LogP contribution in [-0.4, -0.2) is 75.1 Å². The molecule has 0 spiro atoms. The maximum absolute atomic E-state index is 13.3. The second-order valence-electron chi connectivity index (χ2n) is 9.72. The van der Waals surface area contributed by atoms with Gasteiger partial charge in [-0.05, 0) is 30.5 Å². The predicted octanol–water partition coefficient (Wildman–Crippen LogP) is -0.924. The van der Waals surface area contributed by atoms with Crippen LogP contribution < -0.4 is 27.4 Å². The molecule has 1 heterocycles. The Morgan fingerprint density at radius 1 is 0.854 bits per heavy atom. The first-order valence-corrected chi connectivity index (χ1v) is 12.9. The van der Waals surface area contributed by atoms with Gasteiger partial charge in [-0.1, -0.05) is 48.5 Å². The number of carbonyl (C=O) groups is 5. The lowest BCUT2D eigenvalue weighted by Crippen LogP contribution is -2.59. The SMILES string of the molecule is CC(O)C(NC(=O)C(Cc1ccccc1)NC(=O)C(CC(N)=O)NC(=O)C(N)Cc1c[nH]c2ccccc12)C(=O)O. The van der Waals surface area contributed by atoms with Crippen LogP contribution in [-0.2, 0) is 36.8 Å². The summed E-state index contributed by atoms with van der Waals surface area (Å²) in [4.78, 5) is 65.6. The van der Waals surface area contributed by atoms with Gasteiger partial charge >= 0.3 is 5.97 Å². The van der Waals surface area contributed by atoms with Crippen molar-refractivity contribution in [3.63, 3.8) is 0 Å². The summed E-state index contributed by atoms with van der Waals surface area (Å²) in [5.41, 5.74) is 13.7. The smallest absolute Gasteiger partial charge is 0.328 e. The van der Waals surface area contributed by atoms with E-state index in [2.05, 4.69) is 20.9 Å². The Morgan fingerprint density at radius 3 is 2.10 bits per heavy atom. The zero-order valence-electron chi connectivity index (χ0n) is 22.4. The van der Waals surface area contributed by atoms with E-state index in [9.17, 15) is 34.2 Å². The molecule has 5 atom stereocenters. The first-order chi connectivity index (χ1) is 19.5. The van der Waals surface area contributed by atoms with Crippen LogP contribution in [0.2, 0.25) is 0 Å². The number of primary amides is 1. The summed E-state index contributed by atoms with van der Waals surface area (Å²) in [6.45, 7) is 1.20. The summed E-state index contributed by atoms with van der Waals surface area (Å²) in [6.07, 6.45) is -0.194. The van der Waals surface area contributed by atoms with Crippen molar-refractivity contribution in [3.05, 3.63) is 71.9 Å². The van der Waals surface area contributed by atoms with Gasteiger partial charge in [0.05, 0.1) is 18.6 Å². The van der Waals surface area contributed by atoms with Crippen molar-refractivity contribution in [2.45, 2.75) is 56.5 Å². The van der Waals surface area contributed by atoms with Crippen LogP contribution in [0.3, 0.4) is 0 Å². The van der Waals surface area contributed by atoms with Crippen LogP contribution in [0.15, 0.2) is 60.8 Å². The molecule has 0 aliphatic rings. The minimum Gasteiger partial charge on any atom is -0.480 e. The number of aliphatic hydroxyl groups is 1. The van der Waals surface area contributed by atoms with E-state index in [0.29, 0.717) is 5.56 Å². The van der Waals surface area contributed by atoms with E-state index in [1.165, 1.54) is 6.92 Å². The van der Waals surface area contributed by atoms with Crippen molar-refractivity contribution in [1.29, 1.82) is 0 Å². The number of nitrogens with two attached hydrogens (primary N) is 2. The number of aliphatic carboxylic acids is 1. The van der Waals surface area contributed by atoms with Crippen LogP contribution in [0, 0.1) is 0 Å². The second kappa shape index (κ2) is 14.1. The number of aromatic nitrogens is 1. The number of nitrogens with one attached hydrogen (secondary N) is 4. The molecule has 5 unspecified atom stereocenters. The number of carboxylic acids is 1. The second-order valence-corrected chi connectivity index (χ2v) is 9.72. The van der Waals surface area contributed by atoms with E-state index >= 15 is 0 Å². The Bertz CT molecular complexity index is 1390. The number of amides is 4. The third kappa shape index (κ3) is 8.62. The van der Waals surface area contributed by atoms with Gasteiger partial charge in [0.1, 0.15) is 12.1 Å².